The van der Waals surface area contributed by atoms with E-state index in [1.165, 1.54) is 18.1 Å². The Bertz CT molecular complexity index is 1970. The van der Waals surface area contributed by atoms with E-state index in [-0.39, 0.29) is 67.3 Å². The van der Waals surface area contributed by atoms with Crippen LogP contribution in [0.5, 0.6) is 23.0 Å². The van der Waals surface area contributed by atoms with Gasteiger partial charge in [0.15, 0.2) is 28.7 Å². The van der Waals surface area contributed by atoms with E-state index in [0.717, 1.165) is 0 Å². The first-order chi connectivity index (χ1) is 24.4. The van der Waals surface area contributed by atoms with E-state index in [4.69, 9.17) is 18.4 Å². The normalized spacial score (nSPS) is 19.7. The van der Waals surface area contributed by atoms with Crippen molar-refractivity contribution >= 4 is 23.6 Å². The number of amides is 4. The number of aryl methyl sites for hydroxylation is 3. The zero-order valence-corrected chi connectivity index (χ0v) is 29.0. The fourth-order valence-corrected chi connectivity index (χ4v) is 6.40. The largest absolute Gasteiger partial charge is 0.504 e. The second kappa shape index (κ2) is 14.5. The average Bonchev–Trinajstić information content (AvgIpc) is 3.85. The number of likely N-dealkylation sites (N-methyl/N-ethyl adjacent to an activating group) is 1. The number of methoxy groups -OCH3 is 1. The molecule has 0 saturated carbocycles. The summed E-state index contributed by atoms with van der Waals surface area (Å²) in [7, 11) is 1.49. The van der Waals surface area contributed by atoms with E-state index < -0.39 is 29.9 Å². The van der Waals surface area contributed by atoms with Crippen LogP contribution in [-0.4, -0.2) is 87.0 Å². The monoisotopic (exact) mass is 700 g/mol. The average molecular weight is 701 g/mol. The summed E-state index contributed by atoms with van der Waals surface area (Å²) >= 11 is 0. The number of aromatic hydroxyl groups is 1. The van der Waals surface area contributed by atoms with Crippen molar-refractivity contribution in [2.24, 2.45) is 0 Å². The quantitative estimate of drug-likeness (QED) is 0.282. The number of ether oxygens (including phenoxy) is 2. The van der Waals surface area contributed by atoms with Gasteiger partial charge < -0.3 is 44.0 Å². The summed E-state index contributed by atoms with van der Waals surface area (Å²) < 4.78 is 22.7. The van der Waals surface area contributed by atoms with Gasteiger partial charge in [-0.15, -0.1) is 0 Å². The molecule has 1 saturated heterocycles. The van der Waals surface area contributed by atoms with Gasteiger partial charge in [0.05, 0.1) is 19.7 Å². The number of benzene rings is 2. The number of fused-ring (bicyclic) bond motifs is 9. The number of phenols is 1. The second-order valence-electron chi connectivity index (χ2n) is 12.6. The van der Waals surface area contributed by atoms with E-state index in [2.05, 4.69) is 20.8 Å². The molecule has 2 aromatic carbocycles. The van der Waals surface area contributed by atoms with Crippen LogP contribution >= 0.6 is 0 Å². The number of carbonyl (C=O) groups is 4. The molecule has 0 aliphatic carbocycles. The molecule has 15 nitrogen and oxygen atoms in total. The second-order valence-corrected chi connectivity index (χ2v) is 12.6. The highest BCUT2D eigenvalue weighted by atomic mass is 16.5. The van der Waals surface area contributed by atoms with Gasteiger partial charge in [0, 0.05) is 31.1 Å². The highest BCUT2D eigenvalue weighted by molar-refractivity contribution is 5.94. The minimum absolute atomic E-state index is 0.00619. The summed E-state index contributed by atoms with van der Waals surface area (Å²) in [5.41, 5.74) is 1.90. The first kappa shape index (κ1) is 35.0. The summed E-state index contributed by atoms with van der Waals surface area (Å²) in [6, 6.07) is 8.99. The zero-order chi connectivity index (χ0) is 36.4. The number of aromatic nitrogens is 2. The Morgan fingerprint density at radius 2 is 1.90 bits per heavy atom. The number of nitrogens with one attached hydrogen (secondary N) is 2. The smallest absolute Gasteiger partial charge is 0.276 e. The van der Waals surface area contributed by atoms with Crippen LogP contribution in [0.2, 0.25) is 0 Å². The molecule has 7 rings (SSSR count). The molecule has 6 bridgehead atoms. The third-order valence-corrected chi connectivity index (χ3v) is 9.12. The van der Waals surface area contributed by atoms with E-state index in [1.54, 1.807) is 62.1 Å². The van der Waals surface area contributed by atoms with E-state index >= 15 is 0 Å². The molecule has 4 amide bonds. The van der Waals surface area contributed by atoms with Crippen molar-refractivity contribution < 1.29 is 42.7 Å². The maximum atomic E-state index is 13.9. The number of hydrogen-bond acceptors (Lipinski definition) is 11. The molecule has 5 heterocycles. The lowest BCUT2D eigenvalue weighted by atomic mass is 10.1. The van der Waals surface area contributed by atoms with Gasteiger partial charge in [-0.05, 0) is 76.4 Å². The van der Waals surface area contributed by atoms with Crippen LogP contribution in [0, 0.1) is 13.8 Å². The zero-order valence-electron chi connectivity index (χ0n) is 29.0. The van der Waals surface area contributed by atoms with Gasteiger partial charge in [0.2, 0.25) is 23.6 Å². The first-order valence-electron chi connectivity index (χ1n) is 16.7. The number of nitrogens with zero attached hydrogens (tertiary/aromatic N) is 4. The molecule has 0 radical (unpaired) electrons. The maximum absolute atomic E-state index is 13.9. The Balaban J connectivity index is 1.32. The van der Waals surface area contributed by atoms with Gasteiger partial charge in [-0.25, -0.2) is 4.98 Å². The highest BCUT2D eigenvalue weighted by Crippen LogP contribution is 2.39. The molecular weight excluding hydrogens is 660 g/mol. The van der Waals surface area contributed by atoms with Crippen molar-refractivity contribution in [2.45, 2.75) is 71.6 Å². The minimum atomic E-state index is -0.970. The van der Waals surface area contributed by atoms with Gasteiger partial charge in [0.1, 0.15) is 29.3 Å². The summed E-state index contributed by atoms with van der Waals surface area (Å²) in [6.07, 6.45) is 0.491. The molecule has 268 valence electrons. The Kier molecular flexibility index (Phi) is 9.98. The molecule has 0 unspecified atom stereocenters. The fraction of sp³-hybridized carbons (Fsp3) is 0.389. The summed E-state index contributed by atoms with van der Waals surface area (Å²) in [4.78, 5) is 61.9. The predicted octanol–water partition coefficient (Wildman–Crippen LogP) is 3.65. The Labute approximate surface area is 293 Å². The molecule has 3 aliphatic rings. The van der Waals surface area contributed by atoms with Crippen LogP contribution < -0.4 is 20.1 Å². The third-order valence-electron chi connectivity index (χ3n) is 9.12. The van der Waals surface area contributed by atoms with Gasteiger partial charge in [0.25, 0.3) is 5.91 Å². The molecule has 15 heteroatoms. The Hall–Kier alpha value is -5.86. The number of rotatable bonds is 4. The maximum Gasteiger partial charge on any atom is 0.276 e. The fourth-order valence-electron chi connectivity index (χ4n) is 6.40. The van der Waals surface area contributed by atoms with Crippen molar-refractivity contribution in [1.82, 2.24) is 30.6 Å². The number of phenolic OH excluding ortho intramolecular Hbond substituents is 1. The molecule has 51 heavy (non-hydrogen) atoms. The van der Waals surface area contributed by atoms with Crippen molar-refractivity contribution in [2.75, 3.05) is 20.2 Å². The van der Waals surface area contributed by atoms with Gasteiger partial charge in [-0.2, -0.15) is 0 Å². The molecule has 1 fully saturated rings. The molecule has 0 spiro atoms. The van der Waals surface area contributed by atoms with Crippen LogP contribution in [-0.2, 0) is 27.3 Å². The van der Waals surface area contributed by atoms with E-state index in [1.807, 2.05) is 6.92 Å². The predicted molar refractivity (Wildman–Crippen MR) is 181 cm³/mol. The topological polar surface area (TPSA) is 190 Å². The van der Waals surface area contributed by atoms with Gasteiger partial charge in [-0.3, -0.25) is 19.2 Å². The highest BCUT2D eigenvalue weighted by Gasteiger charge is 2.44. The molecular formula is C36H40N6O9. The Morgan fingerprint density at radius 1 is 1.10 bits per heavy atom. The minimum Gasteiger partial charge on any atom is -0.504 e. The first-order valence-corrected chi connectivity index (χ1v) is 16.7. The summed E-state index contributed by atoms with van der Waals surface area (Å²) in [6.45, 7) is 7.16. The SMILES string of the molecule is CCN(C(=O)c1cc(C)on1)[C@H]1C[C@H]2C(=O)NCc3nc(oc3C)-c3ccc(c(OC)c3)Oc3cc(ccc3O)CCC(=O)N[C@H](C)C(=O)N2C1. The molecule has 3 atom stereocenters. The summed E-state index contributed by atoms with van der Waals surface area (Å²) in [5, 5.41) is 20.1. The van der Waals surface area contributed by atoms with Crippen molar-refractivity contribution in [3.63, 3.8) is 0 Å². The van der Waals surface area contributed by atoms with Crippen LogP contribution in [0.3, 0.4) is 0 Å². The van der Waals surface area contributed by atoms with Gasteiger partial charge in [-0.1, -0.05) is 11.2 Å². The Morgan fingerprint density at radius 3 is 2.63 bits per heavy atom. The standard InChI is InChI=1S/C36H40N6O9/c1-6-41(36(47)25-13-19(2)51-40-25)24-16-27-33(45)37-17-26-21(4)49-34(39-26)23-9-11-29(31(15-23)48-5)50-30-14-22(7-10-28(30)43)8-12-32(44)38-20(3)35(46)42(27)18-24/h7,9-11,13-15,20,24,27,43H,6,8,12,16-18H2,1-5H3,(H,37,45)(H,38,44)/t20-,24+,27+/m1/s1. The number of carbonyl (C=O) groups excluding carboxylic acids is 4. The van der Waals surface area contributed by atoms with Crippen LogP contribution in [0.15, 0.2) is 51.4 Å². The number of hydrogen-bond donors (Lipinski definition) is 3. The molecule has 4 aromatic rings. The van der Waals surface area contributed by atoms with Gasteiger partial charge >= 0.3 is 0 Å². The van der Waals surface area contributed by atoms with Crippen molar-refractivity contribution in [1.29, 1.82) is 0 Å². The number of oxazole rings is 1. The lowest BCUT2D eigenvalue weighted by Gasteiger charge is -2.28. The van der Waals surface area contributed by atoms with Crippen LogP contribution in [0.1, 0.15) is 60.0 Å². The molecule has 3 N–H and O–H groups in total. The molecule has 3 aliphatic heterocycles. The molecule has 2 aromatic heterocycles. The van der Waals surface area contributed by atoms with Crippen molar-refractivity contribution in [3.05, 3.63) is 70.9 Å². The van der Waals surface area contributed by atoms with E-state index in [0.29, 0.717) is 46.4 Å². The lowest BCUT2D eigenvalue weighted by molar-refractivity contribution is -0.141. The third kappa shape index (κ3) is 7.37. The van der Waals surface area contributed by atoms with E-state index in [9.17, 15) is 24.3 Å². The van der Waals surface area contributed by atoms with Crippen LogP contribution in [0.25, 0.3) is 11.5 Å². The summed E-state index contributed by atoms with van der Waals surface area (Å²) in [5.74, 6) is 0.330. The lowest BCUT2D eigenvalue weighted by Crippen LogP contribution is -2.52. The van der Waals surface area contributed by atoms with Crippen molar-refractivity contribution in [3.8, 4) is 34.5 Å². The van der Waals surface area contributed by atoms with Crippen LogP contribution in [0.4, 0.5) is 0 Å².